The van der Waals surface area contributed by atoms with E-state index in [0.717, 1.165) is 12.8 Å². The number of alkyl halides is 4. The van der Waals surface area contributed by atoms with E-state index in [1.807, 2.05) is 0 Å². The van der Waals surface area contributed by atoms with Crippen molar-refractivity contribution in [3.05, 3.63) is 35.4 Å². The van der Waals surface area contributed by atoms with Crippen LogP contribution in [0.25, 0.3) is 5.70 Å². The molecule has 0 amide bonds. The molecular weight excluding hydrogens is 351 g/mol. The molecule has 1 aliphatic rings. The summed E-state index contributed by atoms with van der Waals surface area (Å²) in [4.78, 5) is 12.1. The van der Waals surface area contributed by atoms with Crippen molar-refractivity contribution < 1.29 is 22.7 Å². The Bertz CT molecular complexity index is 580. The first-order valence-corrected chi connectivity index (χ1v) is 7.39. The number of hydrogen-bond acceptors (Lipinski definition) is 3. The largest absolute Gasteiger partial charge is 0.573 e. The molecule has 7 heteroatoms. The highest BCUT2D eigenvalue weighted by Crippen LogP contribution is 2.36. The molecule has 0 bridgehead atoms. The van der Waals surface area contributed by atoms with E-state index in [-0.39, 0.29) is 33.9 Å². The third-order valence-corrected chi connectivity index (χ3v) is 3.67. The van der Waals surface area contributed by atoms with Gasteiger partial charge in [-0.2, -0.15) is 0 Å². The highest BCUT2D eigenvalue weighted by Gasteiger charge is 2.34. The summed E-state index contributed by atoms with van der Waals surface area (Å²) in [6.45, 7) is 0. The first-order chi connectivity index (χ1) is 9.83. The van der Waals surface area contributed by atoms with E-state index < -0.39 is 12.1 Å². The fraction of sp³-hybridized carbons (Fsp3) is 0.357. The molecule has 0 heterocycles. The molecular formula is C14H13BrF3NO2. The van der Waals surface area contributed by atoms with E-state index in [1.54, 1.807) is 6.07 Å². The second-order valence-electron chi connectivity index (χ2n) is 4.71. The van der Waals surface area contributed by atoms with Crippen molar-refractivity contribution in [2.45, 2.75) is 19.2 Å². The lowest BCUT2D eigenvalue weighted by Gasteiger charge is -2.15. The highest BCUT2D eigenvalue weighted by molar-refractivity contribution is 9.09. The lowest BCUT2D eigenvalue weighted by Crippen LogP contribution is -2.19. The fourth-order valence-corrected chi connectivity index (χ4v) is 2.51. The number of nitrogens with two attached hydrogens (primary N) is 1. The fourth-order valence-electron chi connectivity index (χ4n) is 1.93. The summed E-state index contributed by atoms with van der Waals surface area (Å²) in [6, 6.07) is 5.52. The molecule has 0 unspecified atom stereocenters. The second-order valence-corrected chi connectivity index (χ2v) is 5.27. The maximum absolute atomic E-state index is 12.4. The standard InChI is InChI=1S/C14H13BrF3NO2/c15-7-10(13(20)8-5-6-8)12(19)9-3-1-2-4-11(9)21-14(16,17)18/h1-4,8H,5-7,19H2/b12-10-. The number of para-hydroxylation sites is 1. The van der Waals surface area contributed by atoms with Gasteiger partial charge in [-0.05, 0) is 25.0 Å². The highest BCUT2D eigenvalue weighted by atomic mass is 79.9. The van der Waals surface area contributed by atoms with E-state index in [1.165, 1.54) is 18.2 Å². The third kappa shape index (κ3) is 4.00. The molecule has 0 aliphatic heterocycles. The number of Topliss-reactive ketones (excluding diaryl/α,β-unsaturated/α-hetero) is 1. The second kappa shape index (κ2) is 6.09. The average molecular weight is 364 g/mol. The molecule has 1 aromatic carbocycles. The van der Waals surface area contributed by atoms with Crippen LogP contribution in [-0.2, 0) is 4.79 Å². The number of ketones is 1. The lowest BCUT2D eigenvalue weighted by atomic mass is 10.0. The zero-order chi connectivity index (χ0) is 15.6. The molecule has 114 valence electrons. The van der Waals surface area contributed by atoms with Crippen molar-refractivity contribution in [1.29, 1.82) is 0 Å². The smallest absolute Gasteiger partial charge is 0.405 e. The van der Waals surface area contributed by atoms with E-state index in [4.69, 9.17) is 5.73 Å². The number of hydrogen-bond donors (Lipinski definition) is 1. The molecule has 3 nitrogen and oxygen atoms in total. The van der Waals surface area contributed by atoms with Gasteiger partial charge in [0.1, 0.15) is 5.75 Å². The molecule has 21 heavy (non-hydrogen) atoms. The number of benzene rings is 1. The van der Waals surface area contributed by atoms with Gasteiger partial charge in [0.25, 0.3) is 0 Å². The SMILES string of the molecule is N/C(=C(/CBr)C(=O)C1CC1)c1ccccc1OC(F)(F)F. The molecule has 0 spiro atoms. The van der Waals surface area contributed by atoms with Gasteiger partial charge in [0.15, 0.2) is 5.78 Å². The summed E-state index contributed by atoms with van der Waals surface area (Å²) < 4.78 is 41.2. The zero-order valence-electron chi connectivity index (χ0n) is 10.9. The van der Waals surface area contributed by atoms with Crippen LogP contribution >= 0.6 is 15.9 Å². The Morgan fingerprint density at radius 2 is 1.95 bits per heavy atom. The number of halogens is 4. The monoisotopic (exact) mass is 363 g/mol. The normalized spacial score (nSPS) is 16.4. The number of carbonyl (C=O) groups excluding carboxylic acids is 1. The summed E-state index contributed by atoms with van der Waals surface area (Å²) in [7, 11) is 0. The zero-order valence-corrected chi connectivity index (χ0v) is 12.5. The number of ether oxygens (including phenoxy) is 1. The molecule has 1 aliphatic carbocycles. The van der Waals surface area contributed by atoms with Gasteiger partial charge in [0.05, 0.1) is 5.70 Å². The van der Waals surface area contributed by atoms with Crippen molar-refractivity contribution in [1.82, 2.24) is 0 Å². The van der Waals surface area contributed by atoms with Crippen molar-refractivity contribution in [3.63, 3.8) is 0 Å². The van der Waals surface area contributed by atoms with Gasteiger partial charge >= 0.3 is 6.36 Å². The molecule has 0 saturated heterocycles. The topological polar surface area (TPSA) is 52.3 Å². The van der Waals surface area contributed by atoms with Gasteiger partial charge in [-0.15, -0.1) is 13.2 Å². The van der Waals surface area contributed by atoms with Crippen LogP contribution in [0, 0.1) is 5.92 Å². The first-order valence-electron chi connectivity index (χ1n) is 6.27. The van der Waals surface area contributed by atoms with Crippen LogP contribution in [0.2, 0.25) is 0 Å². The predicted molar refractivity (Wildman–Crippen MR) is 75.8 cm³/mol. The van der Waals surface area contributed by atoms with Crippen molar-refractivity contribution in [2.75, 3.05) is 5.33 Å². The van der Waals surface area contributed by atoms with Crippen LogP contribution in [0.15, 0.2) is 29.8 Å². The summed E-state index contributed by atoms with van der Waals surface area (Å²) in [5.41, 5.74) is 6.29. The molecule has 1 aromatic rings. The van der Waals surface area contributed by atoms with E-state index in [0.29, 0.717) is 0 Å². The molecule has 1 fully saturated rings. The minimum atomic E-state index is -4.81. The van der Waals surface area contributed by atoms with Crippen LogP contribution in [0.5, 0.6) is 5.75 Å². The maximum atomic E-state index is 12.4. The van der Waals surface area contributed by atoms with Gasteiger partial charge < -0.3 is 10.5 Å². The van der Waals surface area contributed by atoms with Crippen LogP contribution in [0.4, 0.5) is 13.2 Å². The van der Waals surface area contributed by atoms with Crippen LogP contribution < -0.4 is 10.5 Å². The summed E-state index contributed by atoms with van der Waals surface area (Å²) in [5.74, 6) is -0.595. The van der Waals surface area contributed by atoms with Gasteiger partial charge in [0.2, 0.25) is 0 Å². The van der Waals surface area contributed by atoms with Crippen molar-refractivity contribution >= 4 is 27.4 Å². The van der Waals surface area contributed by atoms with Gasteiger partial charge in [-0.1, -0.05) is 28.1 Å². The molecule has 0 radical (unpaired) electrons. The Morgan fingerprint density at radius 1 is 1.33 bits per heavy atom. The van der Waals surface area contributed by atoms with Crippen LogP contribution in [-0.4, -0.2) is 17.5 Å². The Labute approximate surface area is 128 Å². The van der Waals surface area contributed by atoms with Gasteiger partial charge in [-0.25, -0.2) is 0 Å². The third-order valence-electron chi connectivity index (χ3n) is 3.11. The number of allylic oxidation sites excluding steroid dienone is 1. The summed E-state index contributed by atoms with van der Waals surface area (Å²) in [5, 5.41) is 0.189. The van der Waals surface area contributed by atoms with Crippen LogP contribution in [0.3, 0.4) is 0 Å². The molecule has 0 aromatic heterocycles. The predicted octanol–water partition coefficient (Wildman–Crippen LogP) is 3.63. The van der Waals surface area contributed by atoms with Gasteiger partial charge in [-0.3, -0.25) is 4.79 Å². The molecule has 2 rings (SSSR count). The summed E-state index contributed by atoms with van der Waals surface area (Å²) in [6.07, 6.45) is -3.22. The Hall–Kier alpha value is -1.50. The quantitative estimate of drug-likeness (QED) is 0.641. The van der Waals surface area contributed by atoms with E-state index in [2.05, 4.69) is 20.7 Å². The number of carbonyl (C=O) groups is 1. The Kier molecular flexibility index (Phi) is 4.61. The first kappa shape index (κ1) is 15.9. The maximum Gasteiger partial charge on any atom is 0.573 e. The summed E-state index contributed by atoms with van der Waals surface area (Å²) >= 11 is 3.17. The van der Waals surface area contributed by atoms with Crippen molar-refractivity contribution in [2.24, 2.45) is 11.7 Å². The van der Waals surface area contributed by atoms with Crippen molar-refractivity contribution in [3.8, 4) is 5.75 Å². The van der Waals surface area contributed by atoms with E-state index in [9.17, 15) is 18.0 Å². The lowest BCUT2D eigenvalue weighted by molar-refractivity contribution is -0.274. The number of rotatable bonds is 5. The minimum absolute atomic E-state index is 0.0172. The molecule has 0 atom stereocenters. The average Bonchev–Trinajstić information content (AvgIpc) is 3.22. The van der Waals surface area contributed by atoms with Gasteiger partial charge in [0, 0.05) is 22.4 Å². The van der Waals surface area contributed by atoms with Crippen LogP contribution in [0.1, 0.15) is 18.4 Å². The van der Waals surface area contributed by atoms with E-state index >= 15 is 0 Å². The minimum Gasteiger partial charge on any atom is -0.405 e. The Balaban J connectivity index is 2.41. The Morgan fingerprint density at radius 3 is 2.48 bits per heavy atom. The molecule has 2 N–H and O–H groups in total. The molecule has 1 saturated carbocycles.